The summed E-state index contributed by atoms with van der Waals surface area (Å²) in [5, 5.41) is 0. The van der Waals surface area contributed by atoms with Gasteiger partial charge in [0, 0.05) is 18.3 Å². The van der Waals surface area contributed by atoms with Gasteiger partial charge in [0.2, 0.25) is 0 Å². The number of hydrogen-bond acceptors (Lipinski definition) is 1. The molecule has 64 valence electrons. The highest BCUT2D eigenvalue weighted by molar-refractivity contribution is 5.39. The molecule has 1 atom stereocenters. The Hall–Kier alpha value is -0.760. The van der Waals surface area contributed by atoms with Crippen molar-refractivity contribution in [2.45, 2.75) is 25.2 Å². The molecule has 1 unspecified atom stereocenters. The zero-order chi connectivity index (χ0) is 8.18. The van der Waals surface area contributed by atoms with Gasteiger partial charge >= 0.3 is 0 Å². The lowest BCUT2D eigenvalue weighted by Crippen LogP contribution is -2.18. The Kier molecular flexibility index (Phi) is 1.09. The summed E-state index contributed by atoms with van der Waals surface area (Å²) in [6, 6.07) is 0. The van der Waals surface area contributed by atoms with Gasteiger partial charge in [0.25, 0.3) is 0 Å². The van der Waals surface area contributed by atoms with Crippen molar-refractivity contribution < 1.29 is 0 Å². The van der Waals surface area contributed by atoms with Crippen LogP contribution in [0.4, 0.5) is 0 Å². The van der Waals surface area contributed by atoms with E-state index in [1.807, 2.05) is 0 Å². The quantitative estimate of drug-likeness (QED) is 0.644. The van der Waals surface area contributed by atoms with Gasteiger partial charge in [-0.15, -0.1) is 0 Å². The average Bonchev–Trinajstić information content (AvgIpc) is 2.53. The molecule has 0 aromatic carbocycles. The highest BCUT2D eigenvalue weighted by Crippen LogP contribution is 2.62. The summed E-state index contributed by atoms with van der Waals surface area (Å²) >= 11 is 0. The summed E-state index contributed by atoms with van der Waals surface area (Å²) in [5.74, 6) is 0.652. The zero-order valence-electron chi connectivity index (χ0n) is 7.14. The van der Waals surface area contributed by atoms with Crippen molar-refractivity contribution in [2.24, 2.45) is 11.1 Å². The first kappa shape index (κ1) is 6.72. The summed E-state index contributed by atoms with van der Waals surface area (Å²) in [6.07, 6.45) is 8.34. The predicted octanol–water partition coefficient (Wildman–Crippen LogP) is 1.39. The Labute approximate surface area is 72.2 Å². The van der Waals surface area contributed by atoms with Crippen molar-refractivity contribution in [1.82, 2.24) is 4.98 Å². The molecule has 1 spiro atoms. The first-order chi connectivity index (χ1) is 5.86. The number of nitrogens with one attached hydrogen (secondary N) is 1. The molecular formula is C10H14N2. The van der Waals surface area contributed by atoms with Gasteiger partial charge in [0.15, 0.2) is 0 Å². The van der Waals surface area contributed by atoms with E-state index in [0.717, 1.165) is 6.54 Å². The number of fused-ring (bicyclic) bond motifs is 1. The van der Waals surface area contributed by atoms with Gasteiger partial charge in [-0.1, -0.05) is 0 Å². The van der Waals surface area contributed by atoms with Crippen LogP contribution in [0.3, 0.4) is 0 Å². The molecule has 0 radical (unpaired) electrons. The lowest BCUT2D eigenvalue weighted by molar-refractivity contribution is 0.440. The van der Waals surface area contributed by atoms with Gasteiger partial charge in [0.05, 0.1) is 0 Å². The maximum absolute atomic E-state index is 5.81. The molecule has 0 bridgehead atoms. The van der Waals surface area contributed by atoms with Crippen LogP contribution in [0, 0.1) is 5.41 Å². The molecule has 1 aromatic rings. The van der Waals surface area contributed by atoms with Crippen molar-refractivity contribution in [3.8, 4) is 0 Å². The second-order valence-electron chi connectivity index (χ2n) is 4.26. The molecule has 12 heavy (non-hydrogen) atoms. The van der Waals surface area contributed by atoms with E-state index in [0.29, 0.717) is 11.3 Å². The molecule has 0 amide bonds. The van der Waals surface area contributed by atoms with Crippen molar-refractivity contribution in [3.05, 3.63) is 23.5 Å². The molecule has 1 fully saturated rings. The zero-order valence-corrected chi connectivity index (χ0v) is 7.14. The molecule has 1 saturated carbocycles. The van der Waals surface area contributed by atoms with Crippen LogP contribution in [0.2, 0.25) is 0 Å². The van der Waals surface area contributed by atoms with Crippen molar-refractivity contribution in [3.63, 3.8) is 0 Å². The van der Waals surface area contributed by atoms with Gasteiger partial charge in [-0.2, -0.15) is 0 Å². The highest BCUT2D eigenvalue weighted by atomic mass is 14.7. The SMILES string of the molecule is NCC1c2c[nH]cc2CC12CC2. The third-order valence-corrected chi connectivity index (χ3v) is 3.65. The standard InChI is InChI=1S/C10H14N2/c11-4-9-8-6-12-5-7(8)3-10(9)1-2-10/h5-6,9,12H,1-4,11H2. The second-order valence-corrected chi connectivity index (χ2v) is 4.26. The van der Waals surface area contributed by atoms with Gasteiger partial charge in [-0.3, -0.25) is 0 Å². The lowest BCUT2D eigenvalue weighted by atomic mass is 9.90. The summed E-state index contributed by atoms with van der Waals surface area (Å²) in [7, 11) is 0. The fourth-order valence-corrected chi connectivity index (χ4v) is 2.78. The fraction of sp³-hybridized carbons (Fsp3) is 0.600. The third kappa shape index (κ3) is 0.643. The summed E-state index contributed by atoms with van der Waals surface area (Å²) in [4.78, 5) is 3.17. The summed E-state index contributed by atoms with van der Waals surface area (Å²) in [6.45, 7) is 0.824. The number of rotatable bonds is 1. The Morgan fingerprint density at radius 3 is 3.00 bits per heavy atom. The maximum atomic E-state index is 5.81. The minimum Gasteiger partial charge on any atom is -0.367 e. The molecular weight excluding hydrogens is 148 g/mol. The van der Waals surface area contributed by atoms with Crippen LogP contribution < -0.4 is 5.73 Å². The van der Waals surface area contributed by atoms with E-state index in [1.54, 1.807) is 0 Å². The van der Waals surface area contributed by atoms with Crippen molar-refractivity contribution in [2.75, 3.05) is 6.54 Å². The first-order valence-corrected chi connectivity index (χ1v) is 4.71. The van der Waals surface area contributed by atoms with Gasteiger partial charge in [-0.05, 0) is 42.3 Å². The van der Waals surface area contributed by atoms with Crippen LogP contribution in [-0.2, 0) is 6.42 Å². The Morgan fingerprint density at radius 2 is 2.33 bits per heavy atom. The number of aromatic amines is 1. The second kappa shape index (κ2) is 1.94. The van der Waals surface area contributed by atoms with E-state index in [4.69, 9.17) is 5.73 Å². The van der Waals surface area contributed by atoms with Crippen molar-refractivity contribution >= 4 is 0 Å². The van der Waals surface area contributed by atoms with Gasteiger partial charge in [-0.25, -0.2) is 0 Å². The third-order valence-electron chi connectivity index (χ3n) is 3.65. The number of H-pyrrole nitrogens is 1. The molecule has 3 rings (SSSR count). The van der Waals surface area contributed by atoms with Gasteiger partial charge in [0.1, 0.15) is 0 Å². The molecule has 0 aliphatic heterocycles. The fourth-order valence-electron chi connectivity index (χ4n) is 2.78. The first-order valence-electron chi connectivity index (χ1n) is 4.71. The smallest absolute Gasteiger partial charge is 0.00437 e. The molecule has 0 saturated heterocycles. The number of nitrogens with two attached hydrogens (primary N) is 1. The Morgan fingerprint density at radius 1 is 1.50 bits per heavy atom. The van der Waals surface area contributed by atoms with Crippen molar-refractivity contribution in [1.29, 1.82) is 0 Å². The molecule has 2 aliphatic carbocycles. The Bertz CT molecular complexity index is 309. The van der Waals surface area contributed by atoms with Crippen LogP contribution in [0.25, 0.3) is 0 Å². The Balaban J connectivity index is 2.07. The van der Waals surface area contributed by atoms with E-state index in [1.165, 1.54) is 30.4 Å². The largest absolute Gasteiger partial charge is 0.367 e. The minimum atomic E-state index is 0.606. The van der Waals surface area contributed by atoms with Crippen LogP contribution >= 0.6 is 0 Å². The maximum Gasteiger partial charge on any atom is 0.00437 e. The van der Waals surface area contributed by atoms with E-state index in [9.17, 15) is 0 Å². The van der Waals surface area contributed by atoms with Crippen LogP contribution in [0.15, 0.2) is 12.4 Å². The molecule has 2 aliphatic rings. The molecule has 1 heterocycles. The monoisotopic (exact) mass is 162 g/mol. The molecule has 1 aromatic heterocycles. The molecule has 2 nitrogen and oxygen atoms in total. The van der Waals surface area contributed by atoms with E-state index in [2.05, 4.69) is 17.4 Å². The molecule has 2 heteroatoms. The van der Waals surface area contributed by atoms with E-state index < -0.39 is 0 Å². The minimum absolute atomic E-state index is 0.606. The normalized spacial score (nSPS) is 29.2. The predicted molar refractivity (Wildman–Crippen MR) is 48.0 cm³/mol. The highest BCUT2D eigenvalue weighted by Gasteiger charge is 2.53. The van der Waals surface area contributed by atoms with Crippen LogP contribution in [0.1, 0.15) is 29.9 Å². The lowest BCUT2D eigenvalue weighted by Gasteiger charge is -2.16. The van der Waals surface area contributed by atoms with E-state index in [-0.39, 0.29) is 0 Å². The van der Waals surface area contributed by atoms with Crippen LogP contribution in [-0.4, -0.2) is 11.5 Å². The topological polar surface area (TPSA) is 41.8 Å². The molecule has 3 N–H and O–H groups in total. The van der Waals surface area contributed by atoms with Gasteiger partial charge < -0.3 is 10.7 Å². The number of aromatic nitrogens is 1. The summed E-state index contributed by atoms with van der Waals surface area (Å²) in [5.41, 5.74) is 9.43. The van der Waals surface area contributed by atoms with Crippen LogP contribution in [0.5, 0.6) is 0 Å². The number of hydrogen-bond donors (Lipinski definition) is 2. The van der Waals surface area contributed by atoms with E-state index >= 15 is 0 Å². The summed E-state index contributed by atoms with van der Waals surface area (Å²) < 4.78 is 0. The average molecular weight is 162 g/mol.